The van der Waals surface area contributed by atoms with Gasteiger partial charge in [0.05, 0.1) is 6.26 Å². The minimum absolute atomic E-state index is 0.0425. The summed E-state index contributed by atoms with van der Waals surface area (Å²) in [7, 11) is 3.61. The van der Waals surface area contributed by atoms with E-state index >= 15 is 0 Å². The first-order chi connectivity index (χ1) is 8.76. The van der Waals surface area contributed by atoms with Gasteiger partial charge in [-0.3, -0.25) is 9.79 Å². The first-order valence-electron chi connectivity index (χ1n) is 5.98. The number of hydrogen-bond acceptors (Lipinski definition) is 3. The van der Waals surface area contributed by atoms with Gasteiger partial charge < -0.3 is 19.5 Å². The highest BCUT2D eigenvalue weighted by Crippen LogP contribution is 2.09. The van der Waals surface area contributed by atoms with Crippen molar-refractivity contribution >= 4 is 11.9 Å². The van der Waals surface area contributed by atoms with Crippen molar-refractivity contribution in [3.05, 3.63) is 24.2 Å². The van der Waals surface area contributed by atoms with Crippen molar-refractivity contribution < 1.29 is 9.21 Å². The summed E-state index contributed by atoms with van der Waals surface area (Å²) >= 11 is 0. The second-order valence-electron chi connectivity index (χ2n) is 4.05. The lowest BCUT2D eigenvalue weighted by Gasteiger charge is -2.35. The van der Waals surface area contributed by atoms with Gasteiger partial charge in [-0.1, -0.05) is 0 Å². The maximum Gasteiger partial charge on any atom is 0.289 e. The van der Waals surface area contributed by atoms with Crippen LogP contribution >= 0.6 is 0 Å². The Morgan fingerprint density at radius 1 is 1.33 bits per heavy atom. The Morgan fingerprint density at radius 2 is 2.00 bits per heavy atom. The van der Waals surface area contributed by atoms with Gasteiger partial charge in [0.15, 0.2) is 11.7 Å². The van der Waals surface area contributed by atoms with Crippen LogP contribution in [-0.2, 0) is 0 Å². The van der Waals surface area contributed by atoms with E-state index in [1.165, 1.54) is 6.26 Å². The number of carbonyl (C=O) groups is 1. The molecule has 1 aromatic rings. The smallest absolute Gasteiger partial charge is 0.289 e. The summed E-state index contributed by atoms with van der Waals surface area (Å²) in [5.74, 6) is 1.22. The second kappa shape index (κ2) is 5.57. The van der Waals surface area contributed by atoms with Gasteiger partial charge in [0.1, 0.15) is 0 Å². The van der Waals surface area contributed by atoms with Gasteiger partial charge in [0, 0.05) is 40.3 Å². The third-order valence-corrected chi connectivity index (χ3v) is 3.03. The Kier molecular flexibility index (Phi) is 3.86. The number of nitrogens with zero attached hydrogens (tertiary/aromatic N) is 3. The number of furan rings is 1. The van der Waals surface area contributed by atoms with Crippen molar-refractivity contribution in [2.75, 3.05) is 40.3 Å². The molecular weight excluding hydrogens is 232 g/mol. The number of aliphatic imine (C=N–C) groups is 1. The number of guanidine groups is 1. The van der Waals surface area contributed by atoms with Crippen LogP contribution in [0.15, 0.2) is 27.8 Å². The minimum atomic E-state index is -0.0425. The molecule has 0 saturated carbocycles. The van der Waals surface area contributed by atoms with Crippen molar-refractivity contribution in [3.63, 3.8) is 0 Å². The van der Waals surface area contributed by atoms with Gasteiger partial charge >= 0.3 is 0 Å². The molecule has 2 rings (SSSR count). The quantitative estimate of drug-likeness (QED) is 0.573. The highest BCUT2D eigenvalue weighted by molar-refractivity contribution is 5.91. The van der Waals surface area contributed by atoms with Gasteiger partial charge in [0.2, 0.25) is 0 Å². The van der Waals surface area contributed by atoms with E-state index in [2.05, 4.69) is 15.2 Å². The molecule has 1 amide bonds. The van der Waals surface area contributed by atoms with Gasteiger partial charge in [0.25, 0.3) is 5.91 Å². The molecule has 0 radical (unpaired) electrons. The number of rotatable bonds is 1. The van der Waals surface area contributed by atoms with E-state index in [1.807, 2.05) is 7.05 Å². The van der Waals surface area contributed by atoms with E-state index in [-0.39, 0.29) is 5.91 Å². The average molecular weight is 250 g/mol. The Labute approximate surface area is 106 Å². The maximum atomic E-state index is 12.0. The van der Waals surface area contributed by atoms with E-state index in [1.54, 1.807) is 24.1 Å². The van der Waals surface area contributed by atoms with Crippen molar-refractivity contribution in [1.29, 1.82) is 0 Å². The van der Waals surface area contributed by atoms with Crippen molar-refractivity contribution in [2.45, 2.75) is 0 Å². The highest BCUT2D eigenvalue weighted by Gasteiger charge is 2.24. The summed E-state index contributed by atoms with van der Waals surface area (Å²) in [5, 5.41) is 3.05. The SMILES string of the molecule is CN=C(NC)N1CCN(C(=O)c2ccco2)CC1. The minimum Gasteiger partial charge on any atom is -0.459 e. The molecule has 1 aromatic heterocycles. The standard InChI is InChI=1S/C12H18N4O2/c1-13-12(14-2)16-7-5-15(6-8-16)11(17)10-4-3-9-18-10/h3-4,9H,5-8H2,1-2H3,(H,13,14). The summed E-state index contributed by atoms with van der Waals surface area (Å²) in [5.41, 5.74) is 0. The Morgan fingerprint density at radius 3 is 2.50 bits per heavy atom. The van der Waals surface area contributed by atoms with Crippen molar-refractivity contribution in [3.8, 4) is 0 Å². The third-order valence-electron chi connectivity index (χ3n) is 3.03. The number of piperazine rings is 1. The lowest BCUT2D eigenvalue weighted by Crippen LogP contribution is -2.53. The van der Waals surface area contributed by atoms with Gasteiger partial charge in [-0.15, -0.1) is 0 Å². The number of hydrogen-bond donors (Lipinski definition) is 1. The lowest BCUT2D eigenvalue weighted by molar-refractivity contribution is 0.0658. The molecule has 1 saturated heterocycles. The van der Waals surface area contributed by atoms with Crippen LogP contribution in [0.25, 0.3) is 0 Å². The van der Waals surface area contributed by atoms with Crippen LogP contribution < -0.4 is 5.32 Å². The Balaban J connectivity index is 1.93. The molecule has 1 aliphatic rings. The zero-order valence-electron chi connectivity index (χ0n) is 10.7. The molecule has 6 nitrogen and oxygen atoms in total. The predicted octanol–water partition coefficient (Wildman–Crippen LogP) is 0.243. The fourth-order valence-electron chi connectivity index (χ4n) is 2.09. The number of amides is 1. The lowest BCUT2D eigenvalue weighted by atomic mass is 10.3. The maximum absolute atomic E-state index is 12.0. The van der Waals surface area contributed by atoms with Crippen LogP contribution in [0.3, 0.4) is 0 Å². The fraction of sp³-hybridized carbons (Fsp3) is 0.500. The summed E-state index contributed by atoms with van der Waals surface area (Å²) in [6.45, 7) is 2.92. The number of carbonyl (C=O) groups excluding carboxylic acids is 1. The summed E-state index contributed by atoms with van der Waals surface area (Å²) in [6.07, 6.45) is 1.52. The molecule has 2 heterocycles. The van der Waals surface area contributed by atoms with E-state index in [0.717, 1.165) is 19.0 Å². The molecule has 1 aliphatic heterocycles. The average Bonchev–Trinajstić information content (AvgIpc) is 2.94. The third kappa shape index (κ3) is 2.47. The van der Waals surface area contributed by atoms with Crippen LogP contribution in [0.5, 0.6) is 0 Å². The molecule has 1 N–H and O–H groups in total. The summed E-state index contributed by atoms with van der Waals surface area (Å²) in [4.78, 5) is 20.1. The predicted molar refractivity (Wildman–Crippen MR) is 68.6 cm³/mol. The molecule has 0 unspecified atom stereocenters. The number of nitrogens with one attached hydrogen (secondary N) is 1. The molecule has 0 aliphatic carbocycles. The van der Waals surface area contributed by atoms with E-state index in [0.29, 0.717) is 18.8 Å². The summed E-state index contributed by atoms with van der Waals surface area (Å²) < 4.78 is 5.12. The monoisotopic (exact) mass is 250 g/mol. The van der Waals surface area contributed by atoms with Crippen LogP contribution in [0.1, 0.15) is 10.6 Å². The van der Waals surface area contributed by atoms with Gasteiger partial charge in [-0.05, 0) is 12.1 Å². The zero-order chi connectivity index (χ0) is 13.0. The molecule has 6 heteroatoms. The van der Waals surface area contributed by atoms with Crippen LogP contribution in [0, 0.1) is 0 Å². The molecular formula is C12H18N4O2. The topological polar surface area (TPSA) is 61.1 Å². The van der Waals surface area contributed by atoms with E-state index in [9.17, 15) is 4.79 Å². The first kappa shape index (κ1) is 12.5. The van der Waals surface area contributed by atoms with E-state index < -0.39 is 0 Å². The van der Waals surface area contributed by atoms with Gasteiger partial charge in [-0.25, -0.2) is 0 Å². The van der Waals surface area contributed by atoms with Crippen molar-refractivity contribution in [2.24, 2.45) is 4.99 Å². The normalized spacial score (nSPS) is 16.9. The Bertz CT molecular complexity index is 419. The highest BCUT2D eigenvalue weighted by atomic mass is 16.3. The Hall–Kier alpha value is -1.98. The molecule has 0 atom stereocenters. The fourth-order valence-corrected chi connectivity index (χ4v) is 2.09. The molecule has 0 spiro atoms. The largest absolute Gasteiger partial charge is 0.459 e. The van der Waals surface area contributed by atoms with E-state index in [4.69, 9.17) is 4.42 Å². The van der Waals surface area contributed by atoms with Crippen molar-refractivity contribution in [1.82, 2.24) is 15.1 Å². The molecule has 18 heavy (non-hydrogen) atoms. The van der Waals surface area contributed by atoms with Crippen LogP contribution in [-0.4, -0.2) is 61.9 Å². The van der Waals surface area contributed by atoms with Gasteiger partial charge in [-0.2, -0.15) is 0 Å². The van der Waals surface area contributed by atoms with Crippen LogP contribution in [0.4, 0.5) is 0 Å². The molecule has 1 fully saturated rings. The zero-order valence-corrected chi connectivity index (χ0v) is 10.7. The molecule has 0 aromatic carbocycles. The second-order valence-corrected chi connectivity index (χ2v) is 4.05. The summed E-state index contributed by atoms with van der Waals surface area (Å²) in [6, 6.07) is 3.42. The molecule has 98 valence electrons. The van der Waals surface area contributed by atoms with Crippen LogP contribution in [0.2, 0.25) is 0 Å². The first-order valence-corrected chi connectivity index (χ1v) is 5.98. The molecule has 0 bridgehead atoms.